The monoisotopic (exact) mass is 359 g/mol. The Morgan fingerprint density at radius 2 is 2.08 bits per heavy atom. The molecule has 1 heterocycles. The third-order valence-corrected chi connectivity index (χ3v) is 5.02. The van der Waals surface area contributed by atoms with Crippen LogP contribution in [-0.4, -0.2) is 35.3 Å². The molecule has 0 aromatic carbocycles. The number of alkyl halides is 2. The smallest absolute Gasteiger partial charge is 0.321 e. The van der Waals surface area contributed by atoms with Crippen LogP contribution in [0.5, 0.6) is 0 Å². The van der Waals surface area contributed by atoms with Crippen LogP contribution >= 0.6 is 11.3 Å². The molecular weight excluding hydrogens is 336 g/mol. The van der Waals surface area contributed by atoms with Gasteiger partial charge < -0.3 is 10.6 Å². The Morgan fingerprint density at radius 1 is 1.42 bits per heavy atom. The van der Waals surface area contributed by atoms with E-state index >= 15 is 0 Å². The van der Waals surface area contributed by atoms with Gasteiger partial charge in [-0.3, -0.25) is 9.59 Å². The first-order valence-electron chi connectivity index (χ1n) is 8.19. The van der Waals surface area contributed by atoms with Crippen molar-refractivity contribution in [1.82, 2.24) is 15.6 Å². The Balaban J connectivity index is 1.82. The molecule has 1 saturated carbocycles. The fraction of sp³-hybridized carbons (Fsp3) is 0.688. The third kappa shape index (κ3) is 4.96. The number of hydrogen-bond acceptors (Lipinski definition) is 4. The van der Waals surface area contributed by atoms with Gasteiger partial charge >= 0.3 is 5.92 Å². The fourth-order valence-electron chi connectivity index (χ4n) is 2.83. The zero-order valence-electron chi connectivity index (χ0n) is 13.9. The number of amides is 2. The van der Waals surface area contributed by atoms with Gasteiger partial charge in [0.1, 0.15) is 4.88 Å². The molecule has 5 nitrogen and oxygen atoms in total. The number of halogens is 2. The first-order valence-corrected chi connectivity index (χ1v) is 9.07. The number of nitrogens with zero attached hydrogens (tertiary/aromatic N) is 1. The molecule has 1 aromatic rings. The van der Waals surface area contributed by atoms with E-state index in [4.69, 9.17) is 0 Å². The number of thiazole rings is 1. The second-order valence-electron chi connectivity index (χ2n) is 6.36. The summed E-state index contributed by atoms with van der Waals surface area (Å²) in [7, 11) is 0. The maximum Gasteiger partial charge on any atom is 0.321 e. The maximum absolute atomic E-state index is 12.7. The molecule has 134 valence electrons. The van der Waals surface area contributed by atoms with Gasteiger partial charge in [0, 0.05) is 25.4 Å². The highest BCUT2D eigenvalue weighted by molar-refractivity contribution is 7.11. The van der Waals surface area contributed by atoms with E-state index in [1.165, 1.54) is 24.2 Å². The average molecular weight is 359 g/mol. The van der Waals surface area contributed by atoms with E-state index in [2.05, 4.69) is 15.6 Å². The lowest BCUT2D eigenvalue weighted by Crippen LogP contribution is -2.41. The normalized spacial score (nSPS) is 16.8. The van der Waals surface area contributed by atoms with Gasteiger partial charge in [-0.1, -0.05) is 12.8 Å². The van der Waals surface area contributed by atoms with E-state index < -0.39 is 11.8 Å². The summed E-state index contributed by atoms with van der Waals surface area (Å²) >= 11 is 1.33. The molecule has 1 aliphatic rings. The Morgan fingerprint density at radius 3 is 2.71 bits per heavy atom. The van der Waals surface area contributed by atoms with E-state index in [1.807, 2.05) is 0 Å². The molecule has 2 amide bonds. The maximum atomic E-state index is 12.7. The molecular formula is C16H23F2N3O2S. The number of rotatable bonds is 7. The van der Waals surface area contributed by atoms with Gasteiger partial charge in [-0.25, -0.2) is 4.98 Å². The van der Waals surface area contributed by atoms with Gasteiger partial charge in [-0.05, 0) is 26.2 Å². The van der Waals surface area contributed by atoms with E-state index in [-0.39, 0.29) is 18.5 Å². The van der Waals surface area contributed by atoms with Crippen LogP contribution in [0.25, 0.3) is 0 Å². The van der Waals surface area contributed by atoms with Gasteiger partial charge in [-0.2, -0.15) is 8.78 Å². The summed E-state index contributed by atoms with van der Waals surface area (Å²) in [5, 5.41) is 5.02. The lowest BCUT2D eigenvalue weighted by Gasteiger charge is -2.16. The van der Waals surface area contributed by atoms with Gasteiger partial charge in [0.2, 0.25) is 0 Å². The Kier molecular flexibility index (Phi) is 6.26. The summed E-state index contributed by atoms with van der Waals surface area (Å²) < 4.78 is 25.5. The van der Waals surface area contributed by atoms with Crippen molar-refractivity contribution in [3.8, 4) is 0 Å². The minimum absolute atomic E-state index is 0.0852. The number of carbonyl (C=O) groups excluding carboxylic acids is 2. The minimum atomic E-state index is -3.38. The van der Waals surface area contributed by atoms with Crippen LogP contribution in [-0.2, 0) is 4.79 Å². The summed E-state index contributed by atoms with van der Waals surface area (Å²) in [6, 6.07) is -0.234. The van der Waals surface area contributed by atoms with Crippen molar-refractivity contribution in [3.63, 3.8) is 0 Å². The van der Waals surface area contributed by atoms with Crippen LogP contribution in [0, 0.1) is 0 Å². The summed E-state index contributed by atoms with van der Waals surface area (Å²) in [5.41, 5.74) is 2.57. The predicted octanol–water partition coefficient (Wildman–Crippen LogP) is 3.08. The summed E-state index contributed by atoms with van der Waals surface area (Å²) in [5.74, 6) is -4.50. The molecule has 0 unspecified atom stereocenters. The molecule has 0 radical (unpaired) electrons. The highest BCUT2D eigenvalue weighted by Crippen LogP contribution is 2.36. The van der Waals surface area contributed by atoms with E-state index in [0.29, 0.717) is 24.1 Å². The average Bonchev–Trinajstić information content (AvgIpc) is 3.16. The molecule has 0 bridgehead atoms. The summed E-state index contributed by atoms with van der Waals surface area (Å²) in [4.78, 5) is 28.5. The third-order valence-electron chi connectivity index (χ3n) is 4.18. The number of carbonyl (C=O) groups is 2. The van der Waals surface area contributed by atoms with E-state index in [9.17, 15) is 18.4 Å². The molecule has 0 saturated heterocycles. The van der Waals surface area contributed by atoms with Crippen molar-refractivity contribution in [3.05, 3.63) is 16.1 Å². The first kappa shape index (κ1) is 18.8. The highest BCUT2D eigenvalue weighted by Gasteiger charge is 2.31. The van der Waals surface area contributed by atoms with Gasteiger partial charge in [0.25, 0.3) is 11.8 Å². The second-order valence-corrected chi connectivity index (χ2v) is 7.21. The zero-order valence-corrected chi connectivity index (χ0v) is 14.7. The van der Waals surface area contributed by atoms with Gasteiger partial charge in [0.15, 0.2) is 0 Å². The lowest BCUT2D eigenvalue weighted by molar-refractivity contribution is -0.143. The molecule has 1 atom stereocenters. The Labute approximate surface area is 144 Å². The largest absolute Gasteiger partial charge is 0.351 e. The van der Waals surface area contributed by atoms with Crippen LogP contribution in [0.3, 0.4) is 0 Å². The zero-order chi connectivity index (χ0) is 17.7. The minimum Gasteiger partial charge on any atom is -0.351 e. The Hall–Kier alpha value is -1.57. The topological polar surface area (TPSA) is 71.1 Å². The molecule has 0 spiro atoms. The van der Waals surface area contributed by atoms with Gasteiger partial charge in [-0.15, -0.1) is 11.3 Å². The van der Waals surface area contributed by atoms with Crippen LogP contribution in [0.1, 0.15) is 67.2 Å². The predicted molar refractivity (Wildman–Crippen MR) is 88.5 cm³/mol. The molecule has 24 heavy (non-hydrogen) atoms. The van der Waals surface area contributed by atoms with Crippen molar-refractivity contribution < 1.29 is 18.4 Å². The molecule has 1 aromatic heterocycles. The van der Waals surface area contributed by atoms with E-state index in [1.54, 1.807) is 12.4 Å². The van der Waals surface area contributed by atoms with Crippen molar-refractivity contribution in [2.45, 2.75) is 63.8 Å². The van der Waals surface area contributed by atoms with Crippen molar-refractivity contribution in [2.75, 3.05) is 6.54 Å². The molecule has 2 N–H and O–H groups in total. The SMILES string of the molecule is C[C@@H](CCNC(=O)C(C)(F)F)NC(=O)c1scnc1C1CCCC1. The summed E-state index contributed by atoms with van der Waals surface area (Å²) in [6.07, 6.45) is 4.85. The van der Waals surface area contributed by atoms with Crippen molar-refractivity contribution in [2.24, 2.45) is 0 Å². The van der Waals surface area contributed by atoms with Crippen LogP contribution < -0.4 is 10.6 Å². The fourth-order valence-corrected chi connectivity index (χ4v) is 3.61. The molecule has 0 aliphatic heterocycles. The standard InChI is InChI=1S/C16H23F2N3O2S/c1-10(7-8-19-15(23)16(2,17)18)21-14(22)13-12(20-9-24-13)11-5-3-4-6-11/h9-11H,3-8H2,1-2H3,(H,19,23)(H,21,22)/t10-/m0/s1. The number of hydrogen-bond donors (Lipinski definition) is 2. The molecule has 1 aliphatic carbocycles. The molecule has 8 heteroatoms. The lowest BCUT2D eigenvalue weighted by atomic mass is 10.0. The quantitative estimate of drug-likeness (QED) is 0.786. The van der Waals surface area contributed by atoms with Crippen LogP contribution in [0.2, 0.25) is 0 Å². The van der Waals surface area contributed by atoms with Crippen molar-refractivity contribution >= 4 is 23.2 Å². The van der Waals surface area contributed by atoms with Crippen LogP contribution in [0.15, 0.2) is 5.51 Å². The first-order chi connectivity index (χ1) is 11.3. The molecule has 1 fully saturated rings. The second kappa shape index (κ2) is 8.00. The summed E-state index contributed by atoms with van der Waals surface area (Å²) in [6.45, 7) is 2.42. The van der Waals surface area contributed by atoms with Crippen LogP contribution in [0.4, 0.5) is 8.78 Å². The van der Waals surface area contributed by atoms with Crippen molar-refractivity contribution in [1.29, 1.82) is 0 Å². The highest BCUT2D eigenvalue weighted by atomic mass is 32.1. The van der Waals surface area contributed by atoms with Gasteiger partial charge in [0.05, 0.1) is 11.2 Å². The number of aromatic nitrogens is 1. The molecule has 2 rings (SSSR count). The number of nitrogens with one attached hydrogen (secondary N) is 2. The Bertz CT molecular complexity index is 580. The van der Waals surface area contributed by atoms with E-state index in [0.717, 1.165) is 18.5 Å².